The molecule has 1 aromatic carbocycles. The number of rotatable bonds is 7. The number of benzene rings is 1. The molecule has 0 atom stereocenters. The summed E-state index contributed by atoms with van der Waals surface area (Å²) in [5.74, 6) is 2.43. The van der Waals surface area contributed by atoms with Gasteiger partial charge in [-0.3, -0.25) is 0 Å². The maximum absolute atomic E-state index is 5.74. The van der Waals surface area contributed by atoms with Gasteiger partial charge in [0.05, 0.1) is 7.11 Å². The number of nitrogens with one attached hydrogen (secondary N) is 1. The third-order valence-electron chi connectivity index (χ3n) is 3.32. The van der Waals surface area contributed by atoms with Gasteiger partial charge in [-0.2, -0.15) is 4.98 Å². The highest BCUT2D eigenvalue weighted by molar-refractivity contribution is 5.43. The van der Waals surface area contributed by atoms with E-state index < -0.39 is 0 Å². The van der Waals surface area contributed by atoms with Crippen LogP contribution in [0.5, 0.6) is 11.5 Å². The van der Waals surface area contributed by atoms with Crippen LogP contribution >= 0.6 is 0 Å². The van der Waals surface area contributed by atoms with Crippen LogP contribution in [0.15, 0.2) is 22.7 Å². The van der Waals surface area contributed by atoms with Gasteiger partial charge in [0.2, 0.25) is 0 Å². The Morgan fingerprint density at radius 1 is 1.33 bits per heavy atom. The summed E-state index contributed by atoms with van der Waals surface area (Å²) < 4.78 is 16.1. The molecular formula is C15H19N3O3. The van der Waals surface area contributed by atoms with Gasteiger partial charge in [-0.25, -0.2) is 0 Å². The molecule has 0 spiro atoms. The largest absolute Gasteiger partial charge is 0.493 e. The van der Waals surface area contributed by atoms with Gasteiger partial charge in [0.1, 0.15) is 0 Å². The van der Waals surface area contributed by atoms with Gasteiger partial charge >= 0.3 is 0 Å². The van der Waals surface area contributed by atoms with E-state index in [1.165, 1.54) is 18.4 Å². The molecule has 21 heavy (non-hydrogen) atoms. The molecule has 2 aromatic rings. The predicted octanol–water partition coefficient (Wildman–Crippen LogP) is 2.22. The molecule has 1 N–H and O–H groups in total. The first-order valence-corrected chi connectivity index (χ1v) is 7.07. The molecule has 1 aromatic heterocycles. The quantitative estimate of drug-likeness (QED) is 0.843. The van der Waals surface area contributed by atoms with Gasteiger partial charge in [-0.05, 0) is 37.5 Å². The molecule has 1 aliphatic carbocycles. The van der Waals surface area contributed by atoms with Crippen LogP contribution in [0.3, 0.4) is 0 Å². The normalized spacial score (nSPS) is 14.2. The lowest BCUT2D eigenvalue weighted by Gasteiger charge is -2.11. The Bertz CT molecular complexity index is 608. The zero-order chi connectivity index (χ0) is 14.7. The molecule has 6 nitrogen and oxygen atoms in total. The van der Waals surface area contributed by atoms with Crippen LogP contribution in [0.4, 0.5) is 0 Å². The Morgan fingerprint density at radius 3 is 2.86 bits per heavy atom. The van der Waals surface area contributed by atoms with Crippen molar-refractivity contribution in [3.63, 3.8) is 0 Å². The molecule has 1 saturated carbocycles. The summed E-state index contributed by atoms with van der Waals surface area (Å²) in [6, 6.07) is 6.62. The van der Waals surface area contributed by atoms with E-state index in [0.29, 0.717) is 29.3 Å². The Kier molecular flexibility index (Phi) is 4.06. The Balaban J connectivity index is 1.66. The molecule has 0 amide bonds. The van der Waals surface area contributed by atoms with Crippen molar-refractivity contribution in [3.05, 3.63) is 35.5 Å². The lowest BCUT2D eigenvalue weighted by molar-refractivity contribution is 0.233. The van der Waals surface area contributed by atoms with Gasteiger partial charge < -0.3 is 19.3 Å². The van der Waals surface area contributed by atoms with Crippen LogP contribution in [0.1, 0.15) is 30.1 Å². The Labute approximate surface area is 123 Å². The second kappa shape index (κ2) is 6.13. The van der Waals surface area contributed by atoms with Crippen LogP contribution in [0.2, 0.25) is 0 Å². The van der Waals surface area contributed by atoms with E-state index in [2.05, 4.69) is 15.5 Å². The van der Waals surface area contributed by atoms with Gasteiger partial charge in [0.15, 0.2) is 23.9 Å². The average Bonchev–Trinajstić information content (AvgIpc) is 3.24. The fourth-order valence-electron chi connectivity index (χ4n) is 2.03. The van der Waals surface area contributed by atoms with Crippen molar-refractivity contribution < 1.29 is 14.0 Å². The fourth-order valence-corrected chi connectivity index (χ4v) is 2.03. The van der Waals surface area contributed by atoms with Crippen molar-refractivity contribution in [3.8, 4) is 11.5 Å². The predicted molar refractivity (Wildman–Crippen MR) is 76.2 cm³/mol. The average molecular weight is 289 g/mol. The highest BCUT2D eigenvalue weighted by Gasteiger charge is 2.20. The number of hydrogen-bond donors (Lipinski definition) is 1. The molecule has 112 valence electrons. The zero-order valence-electron chi connectivity index (χ0n) is 12.3. The van der Waals surface area contributed by atoms with E-state index in [0.717, 1.165) is 6.54 Å². The van der Waals surface area contributed by atoms with Crippen molar-refractivity contribution in [2.75, 3.05) is 7.11 Å². The minimum atomic E-state index is 0.233. The van der Waals surface area contributed by atoms with Crippen molar-refractivity contribution in [2.45, 2.75) is 39.0 Å². The van der Waals surface area contributed by atoms with Crippen LogP contribution in [-0.2, 0) is 13.2 Å². The molecule has 6 heteroatoms. The topological polar surface area (TPSA) is 69.4 Å². The summed E-state index contributed by atoms with van der Waals surface area (Å²) in [7, 11) is 1.63. The highest BCUT2D eigenvalue weighted by Crippen LogP contribution is 2.29. The van der Waals surface area contributed by atoms with Crippen molar-refractivity contribution in [2.24, 2.45) is 0 Å². The first kappa shape index (κ1) is 13.9. The summed E-state index contributed by atoms with van der Waals surface area (Å²) in [6.07, 6.45) is 2.55. The Hall–Kier alpha value is -2.08. The molecule has 1 aliphatic rings. The molecule has 0 bridgehead atoms. The van der Waals surface area contributed by atoms with Crippen LogP contribution in [-0.4, -0.2) is 23.3 Å². The highest BCUT2D eigenvalue weighted by atomic mass is 16.5. The monoisotopic (exact) mass is 289 g/mol. The third-order valence-corrected chi connectivity index (χ3v) is 3.32. The second-order valence-electron chi connectivity index (χ2n) is 5.16. The number of ether oxygens (including phenoxy) is 2. The molecule has 0 aliphatic heterocycles. The number of aryl methyl sites for hydroxylation is 1. The van der Waals surface area contributed by atoms with E-state index in [9.17, 15) is 0 Å². The second-order valence-corrected chi connectivity index (χ2v) is 5.16. The molecular weight excluding hydrogens is 270 g/mol. The SMILES string of the molecule is COc1ccc(CNC2CC2)cc1OCc1nc(C)no1. The maximum Gasteiger partial charge on any atom is 0.264 e. The molecule has 0 unspecified atom stereocenters. The van der Waals surface area contributed by atoms with Crippen LogP contribution < -0.4 is 14.8 Å². The molecule has 0 saturated heterocycles. The van der Waals surface area contributed by atoms with Crippen molar-refractivity contribution in [1.82, 2.24) is 15.5 Å². The summed E-state index contributed by atoms with van der Waals surface area (Å²) >= 11 is 0. The van der Waals surface area contributed by atoms with Gasteiger partial charge in [-0.1, -0.05) is 11.2 Å². The Morgan fingerprint density at radius 2 is 2.19 bits per heavy atom. The molecule has 1 fully saturated rings. The third kappa shape index (κ3) is 3.72. The zero-order valence-corrected chi connectivity index (χ0v) is 12.3. The van der Waals surface area contributed by atoms with E-state index >= 15 is 0 Å². The smallest absolute Gasteiger partial charge is 0.264 e. The summed E-state index contributed by atoms with van der Waals surface area (Å²) in [4.78, 5) is 4.12. The van der Waals surface area contributed by atoms with Gasteiger partial charge in [-0.15, -0.1) is 0 Å². The van der Waals surface area contributed by atoms with Gasteiger partial charge in [0, 0.05) is 12.6 Å². The number of hydrogen-bond acceptors (Lipinski definition) is 6. The van der Waals surface area contributed by atoms with Crippen molar-refractivity contribution >= 4 is 0 Å². The van der Waals surface area contributed by atoms with E-state index in [4.69, 9.17) is 14.0 Å². The minimum absolute atomic E-state index is 0.233. The van der Waals surface area contributed by atoms with Gasteiger partial charge in [0.25, 0.3) is 5.89 Å². The lowest BCUT2D eigenvalue weighted by atomic mass is 10.2. The first-order valence-electron chi connectivity index (χ1n) is 7.07. The van der Waals surface area contributed by atoms with E-state index in [-0.39, 0.29) is 6.61 Å². The minimum Gasteiger partial charge on any atom is -0.493 e. The van der Waals surface area contributed by atoms with Crippen LogP contribution in [0.25, 0.3) is 0 Å². The van der Waals surface area contributed by atoms with E-state index in [1.807, 2.05) is 18.2 Å². The summed E-state index contributed by atoms with van der Waals surface area (Å²) in [5, 5.41) is 7.21. The van der Waals surface area contributed by atoms with Crippen molar-refractivity contribution in [1.29, 1.82) is 0 Å². The van der Waals surface area contributed by atoms with E-state index in [1.54, 1.807) is 14.0 Å². The first-order chi connectivity index (χ1) is 10.2. The number of nitrogens with zero attached hydrogens (tertiary/aromatic N) is 2. The molecule has 1 heterocycles. The maximum atomic E-state index is 5.74. The molecule has 0 radical (unpaired) electrons. The fraction of sp³-hybridized carbons (Fsp3) is 0.467. The lowest BCUT2D eigenvalue weighted by Crippen LogP contribution is -2.15. The summed E-state index contributed by atoms with van der Waals surface area (Å²) in [5.41, 5.74) is 1.17. The summed E-state index contributed by atoms with van der Waals surface area (Å²) in [6.45, 7) is 2.85. The number of aromatic nitrogens is 2. The van der Waals surface area contributed by atoms with Crippen LogP contribution in [0, 0.1) is 6.92 Å². The molecule has 3 rings (SSSR count). The number of methoxy groups -OCH3 is 1. The standard InChI is InChI=1S/C15H19N3O3/c1-10-17-15(21-18-10)9-20-14-7-11(3-6-13(14)19-2)8-16-12-4-5-12/h3,6-7,12,16H,4-5,8-9H2,1-2H3.